The van der Waals surface area contributed by atoms with E-state index in [1.54, 1.807) is 0 Å². The summed E-state index contributed by atoms with van der Waals surface area (Å²) in [5.74, 6) is 1.61. The van der Waals surface area contributed by atoms with Gasteiger partial charge in [0.2, 0.25) is 0 Å². The molecule has 16 aromatic carbocycles. The van der Waals surface area contributed by atoms with Gasteiger partial charge in [0.05, 0.1) is 28.4 Å². The number of hydrogen-bond donors (Lipinski definition) is 0. The maximum absolute atomic E-state index is 8.10. The third-order valence-corrected chi connectivity index (χ3v) is 24.3. The van der Waals surface area contributed by atoms with E-state index in [1.165, 1.54) is 62.2 Å². The van der Waals surface area contributed by atoms with Crippen molar-refractivity contribution in [2.45, 2.75) is 0 Å². The van der Waals surface area contributed by atoms with Crippen molar-refractivity contribution in [2.75, 3.05) is 24.5 Å². The van der Waals surface area contributed by atoms with Crippen molar-refractivity contribution < 1.29 is 4.74 Å². The third kappa shape index (κ3) is 9.31. The number of ether oxygens (including phenoxy) is 1. The van der Waals surface area contributed by atoms with Gasteiger partial charge in [-0.3, -0.25) is 0 Å². The molecule has 4 aliphatic rings. The molecule has 4 aliphatic heterocycles. The first-order valence-electron chi connectivity index (χ1n) is 36.3. The molecular weight excluding hydrogens is 1320 g/mol. The van der Waals surface area contributed by atoms with Crippen LogP contribution in [-0.4, -0.2) is 13.4 Å². The zero-order chi connectivity index (χ0) is 69.5. The van der Waals surface area contributed by atoms with Gasteiger partial charge in [0, 0.05) is 120 Å². The number of thiophene rings is 2. The predicted octanol–water partition coefficient (Wildman–Crippen LogP) is 23.2. The first-order valence-corrected chi connectivity index (χ1v) is 37.9. The van der Waals surface area contributed by atoms with E-state index >= 15 is 0 Å². The Balaban J connectivity index is 0.833. The van der Waals surface area contributed by atoms with Crippen molar-refractivity contribution in [3.8, 4) is 33.8 Å². The Morgan fingerprint density at radius 1 is 0.264 bits per heavy atom. The summed E-state index contributed by atoms with van der Waals surface area (Å²) in [6, 6.07) is 137. The monoisotopic (exact) mass is 1390 g/mol. The molecule has 10 heteroatoms. The molecule has 0 atom stereocenters. The second-order valence-electron chi connectivity index (χ2n) is 27.8. The molecule has 0 spiro atoms. The van der Waals surface area contributed by atoms with Crippen LogP contribution in [0.4, 0.5) is 85.3 Å². The Morgan fingerprint density at radius 3 is 1.20 bits per heavy atom. The molecule has 0 aliphatic carbocycles. The zero-order valence-corrected chi connectivity index (χ0v) is 59.0. The zero-order valence-electron chi connectivity index (χ0n) is 57.3. The fourth-order valence-corrected chi connectivity index (χ4v) is 20.0. The van der Waals surface area contributed by atoms with Gasteiger partial charge in [0.1, 0.15) is 11.5 Å². The maximum atomic E-state index is 8.10. The lowest BCUT2D eigenvalue weighted by Crippen LogP contribution is -2.64. The van der Waals surface area contributed by atoms with Gasteiger partial charge in [-0.1, -0.05) is 243 Å². The van der Waals surface area contributed by atoms with Gasteiger partial charge in [-0.05, 0) is 159 Å². The minimum atomic E-state index is -0.276. The van der Waals surface area contributed by atoms with Crippen molar-refractivity contribution >= 4 is 195 Å². The molecule has 0 amide bonds. The summed E-state index contributed by atoms with van der Waals surface area (Å²) >= 11 is 3.70. The van der Waals surface area contributed by atoms with Crippen LogP contribution in [-0.2, 0) is 0 Å². The highest BCUT2D eigenvalue weighted by Gasteiger charge is 2.49. The van der Waals surface area contributed by atoms with Crippen molar-refractivity contribution in [1.82, 2.24) is 0 Å². The molecule has 6 nitrogen and oxygen atoms in total. The fraction of sp³-hybridized carbons (Fsp3) is 0. The lowest BCUT2D eigenvalue weighted by atomic mass is 9.30. The lowest BCUT2D eigenvalue weighted by Gasteiger charge is -2.46. The lowest BCUT2D eigenvalue weighted by molar-refractivity contribution is 0.488. The van der Waals surface area contributed by atoms with E-state index in [0.29, 0.717) is 0 Å². The highest BCUT2D eigenvalue weighted by Crippen LogP contribution is 2.55. The number of rotatable bonds is 11. The number of para-hydroxylation sites is 7. The number of fused-ring (bicyclic) bond motifs is 14. The number of anilines is 15. The van der Waals surface area contributed by atoms with Gasteiger partial charge in [-0.2, -0.15) is 0 Å². The molecule has 2 aromatic heterocycles. The van der Waals surface area contributed by atoms with Gasteiger partial charge in [-0.25, -0.2) is 0 Å². The second kappa shape index (κ2) is 24.3. The van der Waals surface area contributed by atoms with E-state index in [9.17, 15) is 0 Å². The third-order valence-electron chi connectivity index (χ3n) is 22.0. The Morgan fingerprint density at radius 2 is 0.670 bits per heavy atom. The first-order chi connectivity index (χ1) is 52.6. The van der Waals surface area contributed by atoms with E-state index in [2.05, 4.69) is 395 Å². The average molecular weight is 1390 g/mol. The van der Waals surface area contributed by atoms with Gasteiger partial charge >= 0.3 is 0 Å². The number of nitrogens with zero attached hydrogens (tertiary/aromatic N) is 5. The normalized spacial score (nSPS) is 12.9. The second-order valence-corrected chi connectivity index (χ2v) is 29.9. The van der Waals surface area contributed by atoms with E-state index in [4.69, 9.17) is 4.74 Å². The summed E-state index contributed by atoms with van der Waals surface area (Å²) in [6.45, 7) is -0.493. The van der Waals surface area contributed by atoms with Crippen LogP contribution in [0, 0.1) is 0 Å². The van der Waals surface area contributed by atoms with Crippen molar-refractivity contribution in [3.05, 3.63) is 370 Å². The Kier molecular flexibility index (Phi) is 13.8. The molecule has 0 N–H and O–H groups in total. The summed E-state index contributed by atoms with van der Waals surface area (Å²) in [4.78, 5) is 12.6. The van der Waals surface area contributed by atoms with E-state index in [1.807, 2.05) is 22.7 Å². The molecule has 6 heterocycles. The summed E-state index contributed by atoms with van der Waals surface area (Å²) in [6.07, 6.45) is 0. The molecule has 0 radical (unpaired) electrons. The van der Waals surface area contributed by atoms with Crippen LogP contribution in [0.3, 0.4) is 0 Å². The molecule has 0 saturated heterocycles. The van der Waals surface area contributed by atoms with Gasteiger partial charge in [-0.15, -0.1) is 22.7 Å². The van der Waals surface area contributed by atoms with Gasteiger partial charge in [0.25, 0.3) is 13.4 Å². The smallest absolute Gasteiger partial charge is 0.256 e. The van der Waals surface area contributed by atoms with Crippen LogP contribution in [0.25, 0.3) is 62.6 Å². The Bertz CT molecular complexity index is 6500. The number of benzene rings is 16. The molecule has 494 valence electrons. The molecular formula is C96H61B2N5OS2. The molecule has 0 unspecified atom stereocenters. The minimum absolute atomic E-state index is 0.218. The summed E-state index contributed by atoms with van der Waals surface area (Å²) < 4.78 is 13.1. The maximum Gasteiger partial charge on any atom is 0.256 e. The molecule has 0 bridgehead atoms. The van der Waals surface area contributed by atoms with Crippen LogP contribution in [0.2, 0.25) is 0 Å². The molecule has 0 saturated carbocycles. The Labute approximate surface area is 623 Å². The predicted molar refractivity (Wildman–Crippen MR) is 452 cm³/mol. The number of hydrogen-bond acceptors (Lipinski definition) is 8. The fourth-order valence-electron chi connectivity index (χ4n) is 17.7. The summed E-state index contributed by atoms with van der Waals surface area (Å²) in [5.41, 5.74) is 27.7. The molecule has 106 heavy (non-hydrogen) atoms. The standard InChI is InChI=1S/C96H61B2N5OS2/c1-7-30-62(31-8-1)70-44-27-45-71(63-32-9-2-10-33-63)96(70)103-79-49-24-22-47-75(79)98-77-60-76-82(61-86(77)104-87-59-69(58-85(103)95(87)98)100(65-36-13-4-14-37-65)81-51-29-55-91-93(81)73-43-20-26-53-89(73)106-91)102(67-40-17-6-18-41-67)84-57-68(56-83-94(84)97(76)74-46-21-23-48-78(74)101(83)66-38-15-5-16-39-66)99(64-34-11-3-12-35-64)80-50-28-54-90-92(80)72-42-19-25-52-88(72)105-90/h1-61H. The van der Waals surface area contributed by atoms with E-state index in [-0.39, 0.29) is 13.4 Å². The largest absolute Gasteiger partial charge is 0.458 e. The first kappa shape index (κ1) is 60.5. The van der Waals surface area contributed by atoms with Crippen molar-refractivity contribution in [1.29, 1.82) is 0 Å². The van der Waals surface area contributed by atoms with Crippen LogP contribution >= 0.6 is 22.7 Å². The molecule has 0 fully saturated rings. The summed E-state index contributed by atoms with van der Waals surface area (Å²) in [5, 5.41) is 4.92. The highest BCUT2D eigenvalue weighted by molar-refractivity contribution is 7.26. The highest BCUT2D eigenvalue weighted by atomic mass is 32.1. The van der Waals surface area contributed by atoms with Crippen LogP contribution in [0.1, 0.15) is 0 Å². The topological polar surface area (TPSA) is 25.4 Å². The summed E-state index contributed by atoms with van der Waals surface area (Å²) in [7, 11) is 0. The quantitative estimate of drug-likeness (QED) is 0.120. The van der Waals surface area contributed by atoms with Crippen molar-refractivity contribution in [3.63, 3.8) is 0 Å². The van der Waals surface area contributed by atoms with Gasteiger partial charge in [0.15, 0.2) is 0 Å². The average Bonchev–Trinajstić information content (AvgIpc) is 1.13. The van der Waals surface area contributed by atoms with Gasteiger partial charge < -0.3 is 29.2 Å². The Hall–Kier alpha value is -13.1. The van der Waals surface area contributed by atoms with Crippen LogP contribution < -0.4 is 62.0 Å². The van der Waals surface area contributed by atoms with E-state index in [0.717, 1.165) is 130 Å². The van der Waals surface area contributed by atoms with Crippen molar-refractivity contribution in [2.24, 2.45) is 0 Å². The SMILES string of the molecule is c1ccc(-c2cccc(-c3ccccc3)c2N2c3ccccc3B3c4cc5c(cc4Oc4cc(N(c6ccccc6)c6cccc7sc8ccccc8c67)cc2c43)N(c2ccccc2)c2cc(N(c3ccccc3)c3cccc4sc6ccccc6c34)cc3c2B5c2ccccc2N3c2ccccc2)cc1. The minimum Gasteiger partial charge on any atom is -0.458 e. The molecule has 22 rings (SSSR count). The van der Waals surface area contributed by atoms with E-state index < -0.39 is 0 Å². The molecule has 18 aromatic rings. The van der Waals surface area contributed by atoms with Crippen LogP contribution in [0.5, 0.6) is 11.5 Å². The van der Waals surface area contributed by atoms with Crippen LogP contribution in [0.15, 0.2) is 370 Å².